The van der Waals surface area contributed by atoms with E-state index in [1.54, 1.807) is 6.33 Å². The van der Waals surface area contributed by atoms with Crippen molar-refractivity contribution in [3.63, 3.8) is 0 Å². The fourth-order valence-electron chi connectivity index (χ4n) is 5.67. The second-order valence-corrected chi connectivity index (χ2v) is 11.3. The molecule has 40 heavy (non-hydrogen) atoms. The van der Waals surface area contributed by atoms with Crippen LogP contribution in [-0.2, 0) is 5.41 Å². The lowest BCUT2D eigenvalue weighted by Gasteiger charge is -2.29. The van der Waals surface area contributed by atoms with Gasteiger partial charge in [0.1, 0.15) is 12.0 Å². The third-order valence-electron chi connectivity index (χ3n) is 8.37. The van der Waals surface area contributed by atoms with Gasteiger partial charge in [-0.25, -0.2) is 9.97 Å². The summed E-state index contributed by atoms with van der Waals surface area (Å²) >= 11 is 0. The van der Waals surface area contributed by atoms with Crippen molar-refractivity contribution in [3.8, 4) is 11.3 Å². The van der Waals surface area contributed by atoms with E-state index in [9.17, 15) is 4.79 Å². The molecule has 1 atom stereocenters. The molecule has 10 heteroatoms. The van der Waals surface area contributed by atoms with Gasteiger partial charge in [0.25, 0.3) is 0 Å². The SMILES string of the molecule is Cc1cc(-c2ncnc3[nH]c4cc(N5CCNCC5)ccc4c23)ccc1[C@@H](C)NC(=O)c1nc(C2(C)CC2)no1. The number of carbonyl (C=O) groups is 1. The van der Waals surface area contributed by atoms with E-state index in [-0.39, 0.29) is 23.3 Å². The van der Waals surface area contributed by atoms with E-state index >= 15 is 0 Å². The normalized spacial score (nSPS) is 17.3. The molecule has 7 rings (SSSR count). The minimum Gasteiger partial charge on any atom is -0.369 e. The Kier molecular flexibility index (Phi) is 5.81. The fraction of sp³-hybridized carbons (Fsp3) is 0.367. The van der Waals surface area contributed by atoms with Crippen molar-refractivity contribution in [2.45, 2.75) is 45.1 Å². The molecule has 1 amide bonds. The van der Waals surface area contributed by atoms with E-state index in [2.05, 4.69) is 72.9 Å². The minimum atomic E-state index is -0.365. The number of fused-ring (bicyclic) bond motifs is 3. The zero-order chi connectivity index (χ0) is 27.4. The molecule has 1 aliphatic heterocycles. The quantitative estimate of drug-likeness (QED) is 0.291. The highest BCUT2D eigenvalue weighted by atomic mass is 16.5. The lowest BCUT2D eigenvalue weighted by Crippen LogP contribution is -2.43. The number of nitrogens with zero attached hydrogens (tertiary/aromatic N) is 5. The monoisotopic (exact) mass is 536 g/mol. The number of aryl methyl sites for hydroxylation is 1. The van der Waals surface area contributed by atoms with Gasteiger partial charge >= 0.3 is 11.8 Å². The van der Waals surface area contributed by atoms with Crippen LogP contribution in [-0.4, -0.2) is 57.2 Å². The van der Waals surface area contributed by atoms with Crippen molar-refractivity contribution < 1.29 is 9.32 Å². The number of hydrogen-bond acceptors (Lipinski definition) is 8. The average molecular weight is 537 g/mol. The molecule has 0 bridgehead atoms. The molecule has 2 fully saturated rings. The molecule has 1 saturated heterocycles. The molecule has 2 aromatic carbocycles. The van der Waals surface area contributed by atoms with Crippen molar-refractivity contribution in [1.29, 1.82) is 0 Å². The van der Waals surface area contributed by atoms with E-state index < -0.39 is 0 Å². The zero-order valence-electron chi connectivity index (χ0n) is 22.9. The predicted octanol–water partition coefficient (Wildman–Crippen LogP) is 4.42. The highest BCUT2D eigenvalue weighted by Crippen LogP contribution is 2.46. The van der Waals surface area contributed by atoms with Crippen molar-refractivity contribution in [1.82, 2.24) is 35.7 Å². The Morgan fingerprint density at radius 1 is 1.12 bits per heavy atom. The highest BCUT2D eigenvalue weighted by Gasteiger charge is 2.44. The molecular weight excluding hydrogens is 504 g/mol. The maximum absolute atomic E-state index is 12.8. The first-order chi connectivity index (χ1) is 19.4. The molecule has 204 valence electrons. The summed E-state index contributed by atoms with van der Waals surface area (Å²) < 4.78 is 5.25. The van der Waals surface area contributed by atoms with E-state index in [4.69, 9.17) is 9.51 Å². The van der Waals surface area contributed by atoms with Gasteiger partial charge in [-0.05, 0) is 56.0 Å². The number of amides is 1. The Balaban J connectivity index is 1.16. The van der Waals surface area contributed by atoms with Gasteiger partial charge < -0.3 is 25.0 Å². The number of carbonyl (C=O) groups excluding carboxylic acids is 1. The summed E-state index contributed by atoms with van der Waals surface area (Å²) in [5.41, 5.74) is 6.97. The number of benzene rings is 2. The van der Waals surface area contributed by atoms with Crippen molar-refractivity contribution >= 4 is 33.5 Å². The van der Waals surface area contributed by atoms with Crippen LogP contribution in [0, 0.1) is 6.92 Å². The van der Waals surface area contributed by atoms with E-state index in [1.807, 2.05) is 19.9 Å². The minimum absolute atomic E-state index is 0.00655. The zero-order valence-corrected chi connectivity index (χ0v) is 22.9. The average Bonchev–Trinajstić information content (AvgIpc) is 3.36. The second kappa shape index (κ2) is 9.41. The van der Waals surface area contributed by atoms with Crippen molar-refractivity contribution in [2.75, 3.05) is 31.1 Å². The van der Waals surface area contributed by atoms with E-state index in [1.165, 1.54) is 5.69 Å². The molecule has 10 nitrogen and oxygen atoms in total. The molecule has 4 heterocycles. The van der Waals surface area contributed by atoms with Gasteiger partial charge in [-0.3, -0.25) is 4.79 Å². The molecule has 5 aromatic rings. The summed E-state index contributed by atoms with van der Waals surface area (Å²) in [6.45, 7) is 10.1. The van der Waals surface area contributed by atoms with Crippen LogP contribution in [0.5, 0.6) is 0 Å². The van der Waals surface area contributed by atoms with Crippen molar-refractivity contribution in [2.24, 2.45) is 0 Å². The lowest BCUT2D eigenvalue weighted by atomic mass is 9.97. The third-order valence-corrected chi connectivity index (χ3v) is 8.37. The molecule has 0 radical (unpaired) electrons. The Morgan fingerprint density at radius 2 is 1.95 bits per heavy atom. The van der Waals surface area contributed by atoms with Crippen LogP contribution in [0.1, 0.15) is 60.4 Å². The number of piperazine rings is 1. The van der Waals surface area contributed by atoms with Gasteiger partial charge in [0, 0.05) is 53.7 Å². The molecule has 3 aromatic heterocycles. The first-order valence-electron chi connectivity index (χ1n) is 13.9. The van der Waals surface area contributed by atoms with Crippen molar-refractivity contribution in [3.05, 3.63) is 65.6 Å². The van der Waals surface area contributed by atoms with Crippen LogP contribution in [0.3, 0.4) is 0 Å². The molecule has 0 unspecified atom stereocenters. The van der Waals surface area contributed by atoms with E-state index in [0.29, 0.717) is 5.82 Å². The Labute approximate surface area is 231 Å². The molecule has 0 spiro atoms. The van der Waals surface area contributed by atoms with Crippen LogP contribution >= 0.6 is 0 Å². The third kappa shape index (κ3) is 4.28. The summed E-state index contributed by atoms with van der Waals surface area (Å²) in [4.78, 5) is 32.3. The summed E-state index contributed by atoms with van der Waals surface area (Å²) in [6.07, 6.45) is 3.64. The number of aromatic amines is 1. The van der Waals surface area contributed by atoms with Gasteiger partial charge in [0.15, 0.2) is 5.82 Å². The smallest absolute Gasteiger partial charge is 0.315 e. The molecule has 2 aliphatic rings. The molecular formula is C30H32N8O2. The number of H-pyrrole nitrogens is 1. The topological polar surface area (TPSA) is 125 Å². The Hall–Kier alpha value is -4.31. The molecule has 1 saturated carbocycles. The predicted molar refractivity (Wildman–Crippen MR) is 153 cm³/mol. The number of nitrogens with one attached hydrogen (secondary N) is 3. The molecule has 3 N–H and O–H groups in total. The summed E-state index contributed by atoms with van der Waals surface area (Å²) in [5.74, 6) is 0.252. The summed E-state index contributed by atoms with van der Waals surface area (Å²) in [7, 11) is 0. The standard InChI is InChI=1S/C30H32N8O2/c1-17-14-19(4-6-21(17)18(2)34-27(39)28-36-29(37-40-28)30(3)8-9-30)25-24-22-7-5-20(38-12-10-31-11-13-38)15-23(22)35-26(24)33-16-32-25/h4-7,14-16,18,31H,8-13H2,1-3H3,(H,34,39)(H,32,33,35)/t18-/m1/s1. The summed E-state index contributed by atoms with van der Waals surface area (Å²) in [6, 6.07) is 12.5. The van der Waals surface area contributed by atoms with Gasteiger partial charge in [0.2, 0.25) is 0 Å². The van der Waals surface area contributed by atoms with Gasteiger partial charge in [0.05, 0.1) is 17.1 Å². The Bertz CT molecular complexity index is 1750. The highest BCUT2D eigenvalue weighted by molar-refractivity contribution is 6.12. The first-order valence-corrected chi connectivity index (χ1v) is 13.9. The first kappa shape index (κ1) is 24.7. The van der Waals surface area contributed by atoms with Crippen LogP contribution < -0.4 is 15.5 Å². The van der Waals surface area contributed by atoms with Gasteiger partial charge in [-0.2, -0.15) is 4.98 Å². The van der Waals surface area contributed by atoms with Crippen LogP contribution in [0.15, 0.2) is 47.2 Å². The van der Waals surface area contributed by atoms with Gasteiger partial charge in [-0.15, -0.1) is 0 Å². The number of aromatic nitrogens is 5. The fourth-order valence-corrected chi connectivity index (χ4v) is 5.67. The number of anilines is 1. The van der Waals surface area contributed by atoms with Crippen LogP contribution in [0.2, 0.25) is 0 Å². The Morgan fingerprint density at radius 3 is 2.73 bits per heavy atom. The maximum atomic E-state index is 12.8. The van der Waals surface area contributed by atoms with Crippen LogP contribution in [0.4, 0.5) is 5.69 Å². The maximum Gasteiger partial charge on any atom is 0.315 e. The van der Waals surface area contributed by atoms with Crippen LogP contribution in [0.25, 0.3) is 33.2 Å². The number of hydrogen-bond donors (Lipinski definition) is 3. The van der Waals surface area contributed by atoms with Gasteiger partial charge in [-0.1, -0.05) is 30.3 Å². The molecule has 1 aliphatic carbocycles. The summed E-state index contributed by atoms with van der Waals surface area (Å²) in [5, 5.41) is 12.5. The largest absolute Gasteiger partial charge is 0.369 e. The lowest BCUT2D eigenvalue weighted by molar-refractivity contribution is 0.0895. The van der Waals surface area contributed by atoms with E-state index in [0.717, 1.165) is 83.3 Å². The number of rotatable bonds is 6. The second-order valence-electron chi connectivity index (χ2n) is 11.3.